The van der Waals surface area contributed by atoms with E-state index in [9.17, 15) is 18.4 Å². The van der Waals surface area contributed by atoms with Crippen molar-refractivity contribution in [2.45, 2.75) is 87.9 Å². The lowest BCUT2D eigenvalue weighted by Gasteiger charge is -2.25. The predicted octanol–water partition coefficient (Wildman–Crippen LogP) is 8.45. The second kappa shape index (κ2) is 14.3. The number of carbonyl (C=O) groups excluding carboxylic acids is 2. The molecule has 2 heterocycles. The molecule has 258 valence electrons. The topological polar surface area (TPSA) is 125 Å². The molecule has 2 amide bonds. The molecule has 0 unspecified atom stereocenters. The summed E-state index contributed by atoms with van der Waals surface area (Å²) in [4.78, 5) is 41.0. The van der Waals surface area contributed by atoms with Crippen molar-refractivity contribution >= 4 is 11.8 Å². The number of H-pyrrole nitrogens is 2. The minimum absolute atomic E-state index is 0.00292. The van der Waals surface area contributed by atoms with Crippen molar-refractivity contribution < 1.29 is 23.1 Å². The summed E-state index contributed by atoms with van der Waals surface area (Å²) in [6.07, 6.45) is 3.30. The molecule has 2 atom stereocenters. The molecule has 0 aliphatic carbocycles. The SMILES string of the molecule is CC(C)[C@H](NC(=O)C(C)(C)C)c1ncc(-c2ccc(-c3ccc(-c4cnc([C@@H](NC(=O)C(C)(C)C)C(C)C)[nH]4)c(OC(F)F)c3)cc2)[nH]1. The van der Waals surface area contributed by atoms with E-state index in [2.05, 4.69) is 30.6 Å². The van der Waals surface area contributed by atoms with E-state index in [0.717, 1.165) is 16.8 Å². The number of rotatable bonds is 11. The van der Waals surface area contributed by atoms with Crippen LogP contribution in [0.3, 0.4) is 0 Å². The van der Waals surface area contributed by atoms with Crippen LogP contribution in [-0.2, 0) is 9.59 Å². The highest BCUT2D eigenvalue weighted by Gasteiger charge is 2.29. The van der Waals surface area contributed by atoms with Gasteiger partial charge in [-0.1, -0.05) is 99.6 Å². The monoisotopic (exact) mass is 662 g/mol. The molecule has 11 heteroatoms. The zero-order valence-electron chi connectivity index (χ0n) is 29.5. The summed E-state index contributed by atoms with van der Waals surface area (Å²) in [5, 5.41) is 6.16. The van der Waals surface area contributed by atoms with E-state index in [-0.39, 0.29) is 35.4 Å². The molecule has 9 nitrogen and oxygen atoms in total. The second-order valence-electron chi connectivity index (χ2n) is 14.9. The van der Waals surface area contributed by atoms with Gasteiger partial charge in [0.05, 0.1) is 35.9 Å². The fourth-order valence-electron chi connectivity index (χ4n) is 5.05. The molecule has 0 fully saturated rings. The van der Waals surface area contributed by atoms with Crippen molar-refractivity contribution in [2.75, 3.05) is 0 Å². The number of benzene rings is 2. The predicted molar refractivity (Wildman–Crippen MR) is 184 cm³/mol. The Balaban J connectivity index is 1.59. The van der Waals surface area contributed by atoms with Gasteiger partial charge in [0.1, 0.15) is 17.4 Å². The van der Waals surface area contributed by atoms with Crippen molar-refractivity contribution in [1.82, 2.24) is 30.6 Å². The summed E-state index contributed by atoms with van der Waals surface area (Å²) in [6.45, 7) is 16.1. The van der Waals surface area contributed by atoms with Gasteiger partial charge in [0, 0.05) is 16.4 Å². The number of halogens is 2. The Morgan fingerprint density at radius 1 is 0.688 bits per heavy atom. The Kier molecular flexibility index (Phi) is 10.8. The summed E-state index contributed by atoms with van der Waals surface area (Å²) in [5.74, 6) is 1.16. The van der Waals surface area contributed by atoms with E-state index in [1.807, 2.05) is 99.6 Å². The van der Waals surface area contributed by atoms with Gasteiger partial charge in [-0.15, -0.1) is 0 Å². The molecule has 0 bridgehead atoms. The quantitative estimate of drug-likeness (QED) is 0.128. The lowest BCUT2D eigenvalue weighted by molar-refractivity contribution is -0.130. The third-order valence-electron chi connectivity index (χ3n) is 8.07. The van der Waals surface area contributed by atoms with Crippen molar-refractivity contribution in [3.05, 3.63) is 66.5 Å². The standard InChI is InChI=1S/C37H48F2N6O3/c1-20(2)29(44-33(46)36(5,6)7)31-40-18-26(42-31)23-13-11-22(12-14-23)24-15-16-25(28(17-24)48-35(38)39)27-19-41-32(43-27)30(21(3)4)45-34(47)37(8,9)10/h11-21,29-30,35H,1-10H3,(H,40,42)(H,41,43)(H,44,46)(H,45,47)/t29-,30-/m0/s1. The molecule has 2 aromatic carbocycles. The molecule has 2 aromatic heterocycles. The first-order chi connectivity index (χ1) is 22.3. The molecule has 4 N–H and O–H groups in total. The third-order valence-corrected chi connectivity index (χ3v) is 8.07. The van der Waals surface area contributed by atoms with E-state index in [4.69, 9.17) is 4.74 Å². The summed E-state index contributed by atoms with van der Waals surface area (Å²) in [7, 11) is 0. The Labute approximate surface area is 281 Å². The Morgan fingerprint density at radius 3 is 1.58 bits per heavy atom. The van der Waals surface area contributed by atoms with E-state index < -0.39 is 23.5 Å². The normalized spacial score (nSPS) is 13.6. The molecule has 4 aromatic rings. The largest absolute Gasteiger partial charge is 0.434 e. The molecule has 0 saturated carbocycles. The Morgan fingerprint density at radius 2 is 1.12 bits per heavy atom. The lowest BCUT2D eigenvalue weighted by atomic mass is 9.93. The highest BCUT2D eigenvalue weighted by atomic mass is 19.3. The summed E-state index contributed by atoms with van der Waals surface area (Å²) in [5.41, 5.74) is 2.96. The van der Waals surface area contributed by atoms with Crippen molar-refractivity contribution in [3.63, 3.8) is 0 Å². The first kappa shape index (κ1) is 36.3. The molecular weight excluding hydrogens is 614 g/mol. The minimum Gasteiger partial charge on any atom is -0.434 e. The molecule has 0 radical (unpaired) electrons. The first-order valence-electron chi connectivity index (χ1n) is 16.3. The van der Waals surface area contributed by atoms with Crippen LogP contribution in [0.2, 0.25) is 0 Å². The van der Waals surface area contributed by atoms with Crippen LogP contribution in [0.25, 0.3) is 33.6 Å². The number of carbonyl (C=O) groups is 2. The highest BCUT2D eigenvalue weighted by molar-refractivity contribution is 5.82. The van der Waals surface area contributed by atoms with Crippen LogP contribution in [0.1, 0.15) is 93.0 Å². The van der Waals surface area contributed by atoms with Crippen LogP contribution in [0.15, 0.2) is 54.9 Å². The fraction of sp³-hybridized carbons (Fsp3) is 0.459. The van der Waals surface area contributed by atoms with Crippen LogP contribution in [-0.4, -0.2) is 38.4 Å². The lowest BCUT2D eigenvalue weighted by Crippen LogP contribution is -2.39. The average molecular weight is 663 g/mol. The number of nitrogens with one attached hydrogen (secondary N) is 4. The fourth-order valence-corrected chi connectivity index (χ4v) is 5.05. The summed E-state index contributed by atoms with van der Waals surface area (Å²) in [6, 6.07) is 12.1. The molecule has 0 saturated heterocycles. The minimum atomic E-state index is -3.03. The van der Waals surface area contributed by atoms with E-state index >= 15 is 0 Å². The zero-order valence-corrected chi connectivity index (χ0v) is 29.5. The number of hydrogen-bond acceptors (Lipinski definition) is 5. The zero-order chi connectivity index (χ0) is 35.6. The Bertz CT molecular complexity index is 1710. The van der Waals surface area contributed by atoms with E-state index in [1.165, 1.54) is 0 Å². The van der Waals surface area contributed by atoms with Gasteiger partial charge in [0.15, 0.2) is 0 Å². The number of ether oxygens (including phenoxy) is 1. The number of amides is 2. The van der Waals surface area contributed by atoms with E-state index in [1.54, 1.807) is 24.5 Å². The van der Waals surface area contributed by atoms with Crippen LogP contribution < -0.4 is 15.4 Å². The van der Waals surface area contributed by atoms with Crippen LogP contribution in [0.4, 0.5) is 8.78 Å². The van der Waals surface area contributed by atoms with Gasteiger partial charge < -0.3 is 25.3 Å². The Hall–Kier alpha value is -4.54. The van der Waals surface area contributed by atoms with Crippen LogP contribution in [0.5, 0.6) is 5.75 Å². The van der Waals surface area contributed by atoms with Crippen LogP contribution in [0, 0.1) is 22.7 Å². The number of nitrogens with zero attached hydrogens (tertiary/aromatic N) is 2. The molecule has 0 aliphatic heterocycles. The first-order valence-corrected chi connectivity index (χ1v) is 16.3. The number of aromatic nitrogens is 4. The molecule has 48 heavy (non-hydrogen) atoms. The summed E-state index contributed by atoms with van der Waals surface area (Å²) >= 11 is 0. The van der Waals surface area contributed by atoms with Gasteiger partial charge in [0.25, 0.3) is 0 Å². The van der Waals surface area contributed by atoms with Crippen molar-refractivity contribution in [2.24, 2.45) is 22.7 Å². The van der Waals surface area contributed by atoms with Gasteiger partial charge >= 0.3 is 6.61 Å². The van der Waals surface area contributed by atoms with Gasteiger partial charge in [0.2, 0.25) is 11.8 Å². The average Bonchev–Trinajstić information content (AvgIpc) is 3.67. The third kappa shape index (κ3) is 8.67. The van der Waals surface area contributed by atoms with Gasteiger partial charge in [-0.25, -0.2) is 9.97 Å². The molecule has 0 spiro atoms. The maximum Gasteiger partial charge on any atom is 0.387 e. The number of alkyl halides is 2. The van der Waals surface area contributed by atoms with E-state index in [0.29, 0.717) is 28.5 Å². The second-order valence-corrected chi connectivity index (χ2v) is 14.9. The van der Waals surface area contributed by atoms with Gasteiger partial charge in [-0.05, 0) is 40.7 Å². The smallest absolute Gasteiger partial charge is 0.387 e. The number of hydrogen-bond donors (Lipinski definition) is 4. The van der Waals surface area contributed by atoms with Crippen molar-refractivity contribution in [3.8, 4) is 39.4 Å². The van der Waals surface area contributed by atoms with Crippen molar-refractivity contribution in [1.29, 1.82) is 0 Å². The van der Waals surface area contributed by atoms with Gasteiger partial charge in [-0.2, -0.15) is 8.78 Å². The molecule has 0 aliphatic rings. The maximum atomic E-state index is 13.6. The molecular formula is C37H48F2N6O3. The van der Waals surface area contributed by atoms with Gasteiger partial charge in [-0.3, -0.25) is 9.59 Å². The van der Waals surface area contributed by atoms with Crippen LogP contribution >= 0.6 is 0 Å². The number of aromatic amines is 2. The molecule has 4 rings (SSSR count). The number of imidazole rings is 2. The highest BCUT2D eigenvalue weighted by Crippen LogP contribution is 2.36. The maximum absolute atomic E-state index is 13.6. The summed E-state index contributed by atoms with van der Waals surface area (Å²) < 4.78 is 32.2.